The van der Waals surface area contributed by atoms with Crippen molar-refractivity contribution in [3.8, 4) is 5.75 Å². The summed E-state index contributed by atoms with van der Waals surface area (Å²) in [6, 6.07) is 20.6. The quantitative estimate of drug-likeness (QED) is 0.210. The van der Waals surface area contributed by atoms with Crippen molar-refractivity contribution < 1.29 is 41.5 Å². The SMILES string of the molecule is C[n+]1noc(NC(=O)c2ccccc2)c1CN1C(=S)N(c2ccccc2)C(=O)C1CC(=O)Nc1ccc(OC(F)(F)F)cc1. The van der Waals surface area contributed by atoms with E-state index in [1.807, 2.05) is 0 Å². The third-order valence-corrected chi connectivity index (χ3v) is 6.99. The second kappa shape index (κ2) is 12.5. The van der Waals surface area contributed by atoms with Crippen LogP contribution in [0.4, 0.5) is 30.4 Å². The van der Waals surface area contributed by atoms with Crippen LogP contribution in [-0.2, 0) is 23.2 Å². The molecule has 5 rings (SSSR count). The van der Waals surface area contributed by atoms with Crippen LogP contribution in [0.15, 0.2) is 89.5 Å². The van der Waals surface area contributed by atoms with Crippen LogP contribution in [0.5, 0.6) is 5.75 Å². The molecule has 1 atom stereocenters. The zero-order chi connectivity index (χ0) is 31.4. The molecule has 15 heteroatoms. The lowest BCUT2D eigenvalue weighted by Crippen LogP contribution is -2.43. The van der Waals surface area contributed by atoms with Gasteiger partial charge in [0, 0.05) is 11.3 Å². The minimum Gasteiger partial charge on any atom is -0.406 e. The first-order chi connectivity index (χ1) is 21.0. The fourth-order valence-electron chi connectivity index (χ4n) is 4.50. The van der Waals surface area contributed by atoms with Crippen molar-refractivity contribution in [1.29, 1.82) is 0 Å². The Morgan fingerprint density at radius 3 is 2.27 bits per heavy atom. The number of rotatable bonds is 9. The van der Waals surface area contributed by atoms with E-state index in [0.717, 1.165) is 12.1 Å². The Balaban J connectivity index is 1.38. The van der Waals surface area contributed by atoms with Crippen LogP contribution in [0.3, 0.4) is 0 Å². The third-order valence-electron chi connectivity index (χ3n) is 6.57. The number of para-hydroxylation sites is 1. The van der Waals surface area contributed by atoms with Gasteiger partial charge in [-0.05, 0) is 65.4 Å². The van der Waals surface area contributed by atoms with Crippen molar-refractivity contribution >= 4 is 52.3 Å². The van der Waals surface area contributed by atoms with E-state index in [0.29, 0.717) is 16.9 Å². The predicted octanol–water partition coefficient (Wildman–Crippen LogP) is 4.18. The maximum absolute atomic E-state index is 13.7. The summed E-state index contributed by atoms with van der Waals surface area (Å²) in [4.78, 5) is 42.5. The number of anilines is 3. The van der Waals surface area contributed by atoms with E-state index in [-0.39, 0.29) is 29.6 Å². The third kappa shape index (κ3) is 6.83. The summed E-state index contributed by atoms with van der Waals surface area (Å²) in [6.45, 7) is -0.0697. The molecule has 3 aromatic carbocycles. The van der Waals surface area contributed by atoms with Crippen molar-refractivity contribution in [1.82, 2.24) is 10.2 Å². The van der Waals surface area contributed by atoms with Gasteiger partial charge in [0.1, 0.15) is 18.3 Å². The lowest BCUT2D eigenvalue weighted by Gasteiger charge is -2.22. The van der Waals surface area contributed by atoms with Crippen molar-refractivity contribution in [2.24, 2.45) is 7.05 Å². The number of ether oxygens (including phenoxy) is 1. The molecule has 1 unspecified atom stereocenters. The maximum Gasteiger partial charge on any atom is 0.573 e. The molecule has 44 heavy (non-hydrogen) atoms. The monoisotopic (exact) mass is 625 g/mol. The van der Waals surface area contributed by atoms with E-state index in [2.05, 4.69) is 20.6 Å². The molecule has 2 N–H and O–H groups in total. The fourth-order valence-corrected chi connectivity index (χ4v) is 4.89. The largest absolute Gasteiger partial charge is 0.573 e. The smallest absolute Gasteiger partial charge is 0.406 e. The molecular weight excluding hydrogens is 601 g/mol. The van der Waals surface area contributed by atoms with Gasteiger partial charge in [-0.1, -0.05) is 36.4 Å². The van der Waals surface area contributed by atoms with Gasteiger partial charge in [0.25, 0.3) is 17.5 Å². The van der Waals surface area contributed by atoms with Crippen LogP contribution in [0.2, 0.25) is 0 Å². The highest BCUT2D eigenvalue weighted by atomic mass is 32.1. The van der Waals surface area contributed by atoms with Crippen LogP contribution in [0, 0.1) is 0 Å². The van der Waals surface area contributed by atoms with Crippen molar-refractivity contribution in [2.75, 3.05) is 15.5 Å². The number of alkyl halides is 3. The van der Waals surface area contributed by atoms with E-state index in [1.54, 1.807) is 67.7 Å². The number of nitrogens with one attached hydrogen (secondary N) is 2. The number of halogens is 3. The molecule has 226 valence electrons. The second-order valence-corrected chi connectivity index (χ2v) is 9.92. The Morgan fingerprint density at radius 2 is 1.64 bits per heavy atom. The number of hydrogen-bond acceptors (Lipinski definition) is 7. The van der Waals surface area contributed by atoms with Crippen molar-refractivity contribution in [3.63, 3.8) is 0 Å². The number of hydrogen-bond donors (Lipinski definition) is 2. The number of carbonyl (C=O) groups excluding carboxylic acids is 3. The number of benzene rings is 3. The Kier molecular flexibility index (Phi) is 8.57. The zero-order valence-corrected chi connectivity index (χ0v) is 23.8. The predicted molar refractivity (Wildman–Crippen MR) is 154 cm³/mol. The molecule has 1 saturated heterocycles. The van der Waals surface area contributed by atoms with Gasteiger partial charge in [0.2, 0.25) is 11.2 Å². The summed E-state index contributed by atoms with van der Waals surface area (Å²) >= 11 is 5.71. The minimum atomic E-state index is -4.86. The van der Waals surface area contributed by atoms with Crippen LogP contribution < -0.4 is 25.0 Å². The Labute approximate surface area is 253 Å². The summed E-state index contributed by atoms with van der Waals surface area (Å²) in [6.07, 6.45) is -5.21. The average molecular weight is 626 g/mol. The van der Waals surface area contributed by atoms with Crippen LogP contribution in [-0.4, -0.2) is 45.4 Å². The summed E-state index contributed by atoms with van der Waals surface area (Å²) in [5.74, 6) is -1.94. The number of nitrogens with zero attached hydrogens (tertiary/aromatic N) is 4. The topological polar surface area (TPSA) is 121 Å². The van der Waals surface area contributed by atoms with Gasteiger partial charge in [0.05, 0.1) is 12.1 Å². The molecule has 1 aromatic heterocycles. The number of aryl methyl sites for hydroxylation is 1. The second-order valence-electron chi connectivity index (χ2n) is 9.55. The molecule has 2 heterocycles. The standard InChI is InChI=1S/C29H23F3N6O5S/c1-36-23(26(43-35-36)34-25(40)18-8-4-2-5-9-18)17-37-22(27(41)38(28(37)44)20-10-6-3-7-11-20)16-24(39)33-19-12-14-21(15-13-19)42-29(30,31)32/h2-15,22H,16-17H2,1H3,(H-,33,34,35,39,40)/p+1. The number of thiocarbonyl (C=S) groups is 1. The summed E-state index contributed by atoms with van der Waals surface area (Å²) in [5, 5.41) is 9.27. The highest BCUT2D eigenvalue weighted by molar-refractivity contribution is 7.80. The molecule has 0 saturated carbocycles. The van der Waals surface area contributed by atoms with E-state index >= 15 is 0 Å². The van der Waals surface area contributed by atoms with Gasteiger partial charge in [-0.3, -0.25) is 29.1 Å². The Hall–Kier alpha value is -5.31. The average Bonchev–Trinajstić information content (AvgIpc) is 3.44. The Morgan fingerprint density at radius 1 is 1.00 bits per heavy atom. The molecule has 11 nitrogen and oxygen atoms in total. The van der Waals surface area contributed by atoms with Gasteiger partial charge in [0.15, 0.2) is 12.2 Å². The molecule has 0 aliphatic carbocycles. The van der Waals surface area contributed by atoms with E-state index in [1.165, 1.54) is 26.6 Å². The van der Waals surface area contributed by atoms with Crippen molar-refractivity contribution in [2.45, 2.75) is 25.4 Å². The summed E-state index contributed by atoms with van der Waals surface area (Å²) < 4.78 is 48.1. The summed E-state index contributed by atoms with van der Waals surface area (Å²) in [5.41, 5.74) is 1.43. The fraction of sp³-hybridized carbons (Fsp3) is 0.172. The Bertz CT molecular complexity index is 1680. The molecule has 4 aromatic rings. The molecule has 0 bridgehead atoms. The van der Waals surface area contributed by atoms with Gasteiger partial charge in [-0.25, -0.2) is 0 Å². The first-order valence-corrected chi connectivity index (χ1v) is 13.5. The zero-order valence-electron chi connectivity index (χ0n) is 22.9. The molecule has 0 radical (unpaired) electrons. The molecular formula is C29H24F3N6O5S+. The van der Waals surface area contributed by atoms with Crippen LogP contribution in [0.25, 0.3) is 0 Å². The first-order valence-electron chi connectivity index (χ1n) is 13.1. The normalized spacial score (nSPS) is 15.0. The van der Waals surface area contributed by atoms with Gasteiger partial charge in [-0.2, -0.15) is 0 Å². The van der Waals surface area contributed by atoms with Gasteiger partial charge >= 0.3 is 12.2 Å². The van der Waals surface area contributed by atoms with E-state index < -0.39 is 35.9 Å². The number of carbonyl (C=O) groups is 3. The highest BCUT2D eigenvalue weighted by Crippen LogP contribution is 2.30. The van der Waals surface area contributed by atoms with E-state index in [4.69, 9.17) is 16.7 Å². The van der Waals surface area contributed by atoms with Crippen LogP contribution in [0.1, 0.15) is 22.5 Å². The van der Waals surface area contributed by atoms with Gasteiger partial charge < -0.3 is 15.0 Å². The number of amides is 3. The lowest BCUT2D eigenvalue weighted by atomic mass is 10.1. The molecule has 1 aliphatic rings. The molecule has 1 aliphatic heterocycles. The first kappa shape index (κ1) is 30.2. The molecule has 1 fully saturated rings. The van der Waals surface area contributed by atoms with Crippen LogP contribution >= 0.6 is 12.2 Å². The number of aromatic nitrogens is 2. The molecule has 0 spiro atoms. The highest BCUT2D eigenvalue weighted by Gasteiger charge is 2.46. The maximum atomic E-state index is 13.7. The lowest BCUT2D eigenvalue weighted by molar-refractivity contribution is -0.746. The van der Waals surface area contributed by atoms with Gasteiger partial charge in [-0.15, -0.1) is 13.2 Å². The molecule has 3 amide bonds. The van der Waals surface area contributed by atoms with Crippen molar-refractivity contribution in [3.05, 3.63) is 96.2 Å². The van der Waals surface area contributed by atoms with E-state index in [9.17, 15) is 27.6 Å². The minimum absolute atomic E-state index is 0.0270. The summed E-state index contributed by atoms with van der Waals surface area (Å²) in [7, 11) is 1.58.